The van der Waals surface area contributed by atoms with Gasteiger partial charge >= 0.3 is 0 Å². The van der Waals surface area contributed by atoms with Gasteiger partial charge in [-0.2, -0.15) is 0 Å². The van der Waals surface area contributed by atoms with Crippen LogP contribution >= 0.6 is 0 Å². The number of carbonyl (C=O) groups is 1. The Hall–Kier alpha value is -2.24. The van der Waals surface area contributed by atoms with E-state index in [4.69, 9.17) is 0 Å². The molecule has 0 spiro atoms. The van der Waals surface area contributed by atoms with Crippen molar-refractivity contribution in [3.05, 3.63) is 43.0 Å². The van der Waals surface area contributed by atoms with Gasteiger partial charge in [0.1, 0.15) is 6.54 Å². The van der Waals surface area contributed by atoms with Crippen LogP contribution in [0.3, 0.4) is 0 Å². The largest absolute Gasteiger partial charge is 0.341 e. The molecule has 3 rings (SSSR count). The highest BCUT2D eigenvalue weighted by Crippen LogP contribution is 2.25. The monoisotopic (exact) mass is 271 g/mol. The molecule has 0 aliphatic carbocycles. The number of imidazole rings is 1. The van der Waals surface area contributed by atoms with Crippen molar-refractivity contribution in [3.8, 4) is 0 Å². The molecule has 20 heavy (non-hydrogen) atoms. The van der Waals surface area contributed by atoms with Crippen molar-refractivity contribution in [2.75, 3.05) is 13.1 Å². The van der Waals surface area contributed by atoms with Gasteiger partial charge in [-0.25, -0.2) is 4.98 Å². The molecule has 0 radical (unpaired) electrons. The predicted molar refractivity (Wildman–Crippen MR) is 72.8 cm³/mol. The molecule has 0 unspecified atom stereocenters. The summed E-state index contributed by atoms with van der Waals surface area (Å²) in [4.78, 5) is 26.5. The summed E-state index contributed by atoms with van der Waals surface area (Å²) in [5.41, 5.74) is 1.04. The summed E-state index contributed by atoms with van der Waals surface area (Å²) in [5.74, 6) is 0.571. The van der Waals surface area contributed by atoms with E-state index < -0.39 is 0 Å². The van der Waals surface area contributed by atoms with Gasteiger partial charge in [-0.3, -0.25) is 14.8 Å². The van der Waals surface area contributed by atoms with Crippen LogP contribution in [0.1, 0.15) is 24.5 Å². The summed E-state index contributed by atoms with van der Waals surface area (Å²) in [6.07, 6.45) is 12.3. The van der Waals surface area contributed by atoms with Crippen molar-refractivity contribution in [2.45, 2.75) is 25.3 Å². The minimum absolute atomic E-state index is 0.153. The number of rotatable bonds is 3. The van der Waals surface area contributed by atoms with Crippen molar-refractivity contribution in [1.29, 1.82) is 0 Å². The molecule has 0 atom stereocenters. The van der Waals surface area contributed by atoms with Crippen LogP contribution in [0.15, 0.2) is 37.3 Å². The summed E-state index contributed by atoms with van der Waals surface area (Å²) in [6, 6.07) is 0. The first-order chi connectivity index (χ1) is 9.83. The molecule has 1 aliphatic heterocycles. The van der Waals surface area contributed by atoms with Crippen LogP contribution in [0.25, 0.3) is 0 Å². The van der Waals surface area contributed by atoms with Gasteiger partial charge in [-0.05, 0) is 12.8 Å². The lowest BCUT2D eigenvalue weighted by molar-refractivity contribution is -0.132. The van der Waals surface area contributed by atoms with E-state index in [0.29, 0.717) is 12.5 Å². The van der Waals surface area contributed by atoms with Gasteiger partial charge in [0.05, 0.1) is 12.0 Å². The minimum atomic E-state index is 0.153. The van der Waals surface area contributed by atoms with Crippen molar-refractivity contribution < 1.29 is 4.79 Å². The van der Waals surface area contributed by atoms with E-state index in [1.165, 1.54) is 0 Å². The smallest absolute Gasteiger partial charge is 0.242 e. The first kappa shape index (κ1) is 12.8. The second-order valence-electron chi connectivity index (χ2n) is 5.02. The Balaban J connectivity index is 1.54. The molecule has 1 fully saturated rings. The standard InChI is InChI=1S/C14H17N5O/c20-14(10-18-8-5-16-11-18)19-6-1-12(2-7-19)13-9-15-3-4-17-13/h3-5,8-9,11-12H,1-2,6-7,10H2. The maximum Gasteiger partial charge on any atom is 0.242 e. The number of aromatic nitrogens is 4. The van der Waals surface area contributed by atoms with Crippen LogP contribution in [0.4, 0.5) is 0 Å². The fourth-order valence-corrected chi connectivity index (χ4v) is 2.58. The molecule has 2 aromatic rings. The van der Waals surface area contributed by atoms with E-state index in [-0.39, 0.29) is 5.91 Å². The third-order valence-corrected chi connectivity index (χ3v) is 3.73. The SMILES string of the molecule is O=C(Cn1ccnc1)N1CCC(c2cnccn2)CC1. The number of carbonyl (C=O) groups excluding carboxylic acids is 1. The number of hydrogen-bond acceptors (Lipinski definition) is 4. The zero-order valence-corrected chi connectivity index (χ0v) is 11.2. The first-order valence-corrected chi connectivity index (χ1v) is 6.82. The summed E-state index contributed by atoms with van der Waals surface area (Å²) in [7, 11) is 0. The van der Waals surface area contributed by atoms with Gasteiger partial charge in [-0.1, -0.05) is 0 Å². The zero-order chi connectivity index (χ0) is 13.8. The van der Waals surface area contributed by atoms with Gasteiger partial charge in [-0.15, -0.1) is 0 Å². The molecule has 0 aromatic carbocycles. The van der Waals surface area contributed by atoms with E-state index in [1.54, 1.807) is 29.5 Å². The van der Waals surface area contributed by atoms with Gasteiger partial charge in [0.25, 0.3) is 0 Å². The average molecular weight is 271 g/mol. The van der Waals surface area contributed by atoms with Crippen molar-refractivity contribution >= 4 is 5.91 Å². The highest BCUT2D eigenvalue weighted by Gasteiger charge is 2.24. The van der Waals surface area contributed by atoms with E-state index in [1.807, 2.05) is 17.3 Å². The molecule has 6 heteroatoms. The summed E-state index contributed by atoms with van der Waals surface area (Å²) in [5, 5.41) is 0. The van der Waals surface area contributed by atoms with Crippen LogP contribution in [0, 0.1) is 0 Å². The van der Waals surface area contributed by atoms with E-state index >= 15 is 0 Å². The molecular weight excluding hydrogens is 254 g/mol. The van der Waals surface area contributed by atoms with Crippen LogP contribution < -0.4 is 0 Å². The van der Waals surface area contributed by atoms with Crippen molar-refractivity contribution in [2.24, 2.45) is 0 Å². The topological polar surface area (TPSA) is 63.9 Å². The van der Waals surface area contributed by atoms with Gasteiger partial charge in [0.2, 0.25) is 5.91 Å². The quantitative estimate of drug-likeness (QED) is 0.838. The molecule has 1 aliphatic rings. The highest BCUT2D eigenvalue weighted by atomic mass is 16.2. The number of piperidine rings is 1. The van der Waals surface area contributed by atoms with Crippen LogP contribution in [0.2, 0.25) is 0 Å². The van der Waals surface area contributed by atoms with E-state index in [0.717, 1.165) is 31.6 Å². The fourth-order valence-electron chi connectivity index (χ4n) is 2.58. The second-order valence-corrected chi connectivity index (χ2v) is 5.02. The first-order valence-electron chi connectivity index (χ1n) is 6.82. The molecule has 0 bridgehead atoms. The molecule has 2 aromatic heterocycles. The molecule has 104 valence electrons. The Kier molecular flexibility index (Phi) is 3.71. The Morgan fingerprint density at radius 3 is 2.70 bits per heavy atom. The number of likely N-dealkylation sites (tertiary alicyclic amines) is 1. The lowest BCUT2D eigenvalue weighted by Crippen LogP contribution is -2.39. The van der Waals surface area contributed by atoms with Gasteiger partial charge in [0.15, 0.2) is 0 Å². The molecule has 6 nitrogen and oxygen atoms in total. The predicted octanol–water partition coefficient (Wildman–Crippen LogP) is 1.08. The van der Waals surface area contributed by atoms with Crippen LogP contribution in [-0.4, -0.2) is 43.4 Å². The Morgan fingerprint density at radius 2 is 2.05 bits per heavy atom. The van der Waals surface area contributed by atoms with Crippen molar-refractivity contribution in [1.82, 2.24) is 24.4 Å². The number of hydrogen-bond donors (Lipinski definition) is 0. The molecule has 1 saturated heterocycles. The zero-order valence-electron chi connectivity index (χ0n) is 11.2. The lowest BCUT2D eigenvalue weighted by atomic mass is 9.94. The summed E-state index contributed by atoms with van der Waals surface area (Å²) >= 11 is 0. The summed E-state index contributed by atoms with van der Waals surface area (Å²) < 4.78 is 1.80. The number of amides is 1. The Labute approximate surface area is 117 Å². The third kappa shape index (κ3) is 2.84. The van der Waals surface area contributed by atoms with Crippen LogP contribution in [0.5, 0.6) is 0 Å². The van der Waals surface area contributed by atoms with E-state index in [9.17, 15) is 4.79 Å². The maximum atomic E-state index is 12.2. The third-order valence-electron chi connectivity index (χ3n) is 3.73. The Bertz CT molecular complexity index is 546. The highest BCUT2D eigenvalue weighted by molar-refractivity contribution is 5.76. The van der Waals surface area contributed by atoms with Crippen molar-refractivity contribution in [3.63, 3.8) is 0 Å². The molecule has 1 amide bonds. The van der Waals surface area contributed by atoms with Gasteiger partial charge < -0.3 is 9.47 Å². The Morgan fingerprint density at radius 1 is 1.20 bits per heavy atom. The van der Waals surface area contributed by atoms with E-state index in [2.05, 4.69) is 15.0 Å². The molecule has 0 N–H and O–H groups in total. The molecule has 0 saturated carbocycles. The lowest BCUT2D eigenvalue weighted by Gasteiger charge is -2.31. The summed E-state index contributed by atoms with van der Waals surface area (Å²) in [6.45, 7) is 1.94. The second kappa shape index (κ2) is 5.81. The molecular formula is C14H17N5O. The normalized spacial score (nSPS) is 16.3. The molecule has 3 heterocycles. The average Bonchev–Trinajstić information content (AvgIpc) is 3.01. The maximum absolute atomic E-state index is 12.2. The van der Waals surface area contributed by atoms with Crippen LogP contribution in [-0.2, 0) is 11.3 Å². The van der Waals surface area contributed by atoms with Gasteiger partial charge in [0, 0.05) is 50.0 Å². The number of nitrogens with zero attached hydrogens (tertiary/aromatic N) is 5. The fraction of sp³-hybridized carbons (Fsp3) is 0.429. The minimum Gasteiger partial charge on any atom is -0.341 e.